The van der Waals surface area contributed by atoms with E-state index in [1.165, 1.54) is 25.7 Å². The molecule has 0 unspecified atom stereocenters. The lowest BCUT2D eigenvalue weighted by molar-refractivity contribution is 0.378. The van der Waals surface area contributed by atoms with E-state index in [2.05, 4.69) is 17.6 Å². The van der Waals surface area contributed by atoms with Gasteiger partial charge in [0.2, 0.25) is 0 Å². The lowest BCUT2D eigenvalue weighted by Crippen LogP contribution is -2.47. The van der Waals surface area contributed by atoms with Crippen LogP contribution in [0.1, 0.15) is 39.0 Å². The van der Waals surface area contributed by atoms with Gasteiger partial charge in [0.1, 0.15) is 0 Å². The van der Waals surface area contributed by atoms with Crippen LogP contribution in [0.25, 0.3) is 0 Å². The number of rotatable bonds is 3. The highest BCUT2D eigenvalue weighted by atomic mass is 35.5. The van der Waals surface area contributed by atoms with Gasteiger partial charge in [-0.1, -0.05) is 37.4 Å². The summed E-state index contributed by atoms with van der Waals surface area (Å²) in [6.07, 6.45) is 6.12. The van der Waals surface area contributed by atoms with E-state index in [4.69, 9.17) is 23.8 Å². The molecular formula is C14H19ClN2S. The molecule has 0 radical (unpaired) electrons. The molecule has 2 nitrogen and oxygen atoms in total. The SMILES string of the molecule is CCC1(NC(=S)Nc2cccc(Cl)c2)CCCC1. The van der Waals surface area contributed by atoms with Crippen LogP contribution < -0.4 is 10.6 Å². The number of hydrogen-bond donors (Lipinski definition) is 2. The topological polar surface area (TPSA) is 24.1 Å². The summed E-state index contributed by atoms with van der Waals surface area (Å²) in [5, 5.41) is 8.10. The van der Waals surface area contributed by atoms with E-state index < -0.39 is 0 Å². The lowest BCUT2D eigenvalue weighted by atomic mass is 9.95. The molecular weight excluding hydrogens is 264 g/mol. The molecule has 0 saturated heterocycles. The number of benzene rings is 1. The van der Waals surface area contributed by atoms with Gasteiger partial charge in [-0.15, -0.1) is 0 Å². The zero-order valence-electron chi connectivity index (χ0n) is 10.6. The van der Waals surface area contributed by atoms with Crippen molar-refractivity contribution in [3.63, 3.8) is 0 Å². The van der Waals surface area contributed by atoms with Gasteiger partial charge in [0.15, 0.2) is 5.11 Å². The van der Waals surface area contributed by atoms with Crippen LogP contribution in [-0.2, 0) is 0 Å². The lowest BCUT2D eigenvalue weighted by Gasteiger charge is -2.30. The number of thiocarbonyl (C=S) groups is 1. The van der Waals surface area contributed by atoms with Gasteiger partial charge in [-0.25, -0.2) is 0 Å². The highest BCUT2D eigenvalue weighted by Crippen LogP contribution is 2.32. The molecule has 1 saturated carbocycles. The first-order chi connectivity index (χ1) is 8.63. The molecule has 0 aromatic heterocycles. The highest BCUT2D eigenvalue weighted by molar-refractivity contribution is 7.80. The van der Waals surface area contributed by atoms with Gasteiger partial charge < -0.3 is 10.6 Å². The van der Waals surface area contributed by atoms with Crippen molar-refractivity contribution >= 4 is 34.6 Å². The summed E-state index contributed by atoms with van der Waals surface area (Å²) in [7, 11) is 0. The summed E-state index contributed by atoms with van der Waals surface area (Å²) in [5.74, 6) is 0. The average molecular weight is 283 g/mol. The van der Waals surface area contributed by atoms with Gasteiger partial charge >= 0.3 is 0 Å². The zero-order valence-corrected chi connectivity index (χ0v) is 12.2. The molecule has 98 valence electrons. The molecule has 1 aromatic rings. The molecule has 0 heterocycles. The van der Waals surface area contributed by atoms with Crippen LogP contribution in [0.15, 0.2) is 24.3 Å². The predicted octanol–water partition coefficient (Wildman–Crippen LogP) is 4.35. The second-order valence-electron chi connectivity index (χ2n) is 4.93. The smallest absolute Gasteiger partial charge is 0.171 e. The van der Waals surface area contributed by atoms with E-state index >= 15 is 0 Å². The zero-order chi connectivity index (χ0) is 13.0. The molecule has 2 rings (SSSR count). The summed E-state index contributed by atoms with van der Waals surface area (Å²) >= 11 is 11.3. The van der Waals surface area contributed by atoms with Crippen LogP contribution in [0.2, 0.25) is 5.02 Å². The summed E-state index contributed by atoms with van der Waals surface area (Å²) in [5.41, 5.74) is 1.13. The van der Waals surface area contributed by atoms with Crippen LogP contribution in [0.4, 0.5) is 5.69 Å². The van der Waals surface area contributed by atoms with Crippen LogP contribution in [0.3, 0.4) is 0 Å². The first kappa shape index (κ1) is 13.6. The predicted molar refractivity (Wildman–Crippen MR) is 82.3 cm³/mol. The van der Waals surface area contributed by atoms with Crippen molar-refractivity contribution in [2.75, 3.05) is 5.32 Å². The molecule has 1 aliphatic carbocycles. The number of anilines is 1. The van der Waals surface area contributed by atoms with Crippen molar-refractivity contribution in [1.29, 1.82) is 0 Å². The molecule has 0 atom stereocenters. The third-order valence-electron chi connectivity index (χ3n) is 3.70. The van der Waals surface area contributed by atoms with Crippen molar-refractivity contribution < 1.29 is 0 Å². The van der Waals surface area contributed by atoms with Gasteiger partial charge in [0, 0.05) is 16.2 Å². The van der Waals surface area contributed by atoms with Crippen molar-refractivity contribution in [1.82, 2.24) is 5.32 Å². The van der Waals surface area contributed by atoms with E-state index in [1.807, 2.05) is 24.3 Å². The first-order valence-electron chi connectivity index (χ1n) is 6.48. The van der Waals surface area contributed by atoms with Crippen molar-refractivity contribution in [3.8, 4) is 0 Å². The first-order valence-corrected chi connectivity index (χ1v) is 7.27. The molecule has 2 N–H and O–H groups in total. The van der Waals surface area contributed by atoms with E-state index in [0.717, 1.165) is 12.1 Å². The summed E-state index contributed by atoms with van der Waals surface area (Å²) < 4.78 is 0. The molecule has 4 heteroatoms. The molecule has 1 aliphatic rings. The molecule has 1 aromatic carbocycles. The fraction of sp³-hybridized carbons (Fsp3) is 0.500. The van der Waals surface area contributed by atoms with Crippen molar-refractivity contribution in [2.24, 2.45) is 0 Å². The Labute approximate surface area is 119 Å². The third kappa shape index (κ3) is 3.36. The minimum absolute atomic E-state index is 0.197. The Balaban J connectivity index is 1.96. The molecule has 1 fully saturated rings. The van der Waals surface area contributed by atoms with Crippen LogP contribution in [0, 0.1) is 0 Å². The monoisotopic (exact) mass is 282 g/mol. The average Bonchev–Trinajstić information content (AvgIpc) is 2.78. The van der Waals surface area contributed by atoms with Crippen molar-refractivity contribution in [2.45, 2.75) is 44.6 Å². The standard InChI is InChI=1S/C14H19ClN2S/c1-2-14(8-3-4-9-14)17-13(18)16-12-7-5-6-11(15)10-12/h5-7,10H,2-4,8-9H2,1H3,(H2,16,17,18). The van der Waals surface area contributed by atoms with E-state index in [-0.39, 0.29) is 5.54 Å². The van der Waals surface area contributed by atoms with Crippen LogP contribution in [0.5, 0.6) is 0 Å². The largest absolute Gasteiger partial charge is 0.357 e. The van der Waals surface area contributed by atoms with Gasteiger partial charge in [-0.05, 0) is 49.7 Å². The Morgan fingerprint density at radius 1 is 1.39 bits per heavy atom. The highest BCUT2D eigenvalue weighted by Gasteiger charge is 2.32. The molecule has 0 spiro atoms. The Morgan fingerprint density at radius 2 is 2.11 bits per heavy atom. The maximum atomic E-state index is 5.95. The van der Waals surface area contributed by atoms with E-state index in [9.17, 15) is 0 Å². The normalized spacial score (nSPS) is 17.4. The Bertz CT molecular complexity index is 428. The Hall–Kier alpha value is -0.800. The van der Waals surface area contributed by atoms with E-state index in [1.54, 1.807) is 0 Å². The minimum atomic E-state index is 0.197. The number of hydrogen-bond acceptors (Lipinski definition) is 1. The number of halogens is 1. The Kier molecular flexibility index (Phi) is 4.46. The maximum Gasteiger partial charge on any atom is 0.171 e. The van der Waals surface area contributed by atoms with Crippen molar-refractivity contribution in [3.05, 3.63) is 29.3 Å². The third-order valence-corrected chi connectivity index (χ3v) is 4.14. The minimum Gasteiger partial charge on any atom is -0.357 e. The summed E-state index contributed by atoms with van der Waals surface area (Å²) in [4.78, 5) is 0. The second-order valence-corrected chi connectivity index (χ2v) is 5.78. The van der Waals surface area contributed by atoms with E-state index in [0.29, 0.717) is 10.1 Å². The molecule has 0 amide bonds. The Morgan fingerprint density at radius 3 is 2.72 bits per heavy atom. The summed E-state index contributed by atoms with van der Waals surface area (Å²) in [6.45, 7) is 2.22. The van der Waals surface area contributed by atoms with Gasteiger partial charge in [-0.3, -0.25) is 0 Å². The van der Waals surface area contributed by atoms with Crippen LogP contribution in [-0.4, -0.2) is 10.7 Å². The molecule has 18 heavy (non-hydrogen) atoms. The fourth-order valence-corrected chi connectivity index (χ4v) is 3.11. The molecule has 0 bridgehead atoms. The number of nitrogens with one attached hydrogen (secondary N) is 2. The van der Waals surface area contributed by atoms with Crippen LogP contribution >= 0.6 is 23.8 Å². The quantitative estimate of drug-likeness (QED) is 0.806. The van der Waals surface area contributed by atoms with Gasteiger partial charge in [0.25, 0.3) is 0 Å². The van der Waals surface area contributed by atoms with Gasteiger partial charge in [0.05, 0.1) is 0 Å². The van der Waals surface area contributed by atoms with Gasteiger partial charge in [-0.2, -0.15) is 0 Å². The summed E-state index contributed by atoms with van der Waals surface area (Å²) in [6, 6.07) is 7.61. The fourth-order valence-electron chi connectivity index (χ4n) is 2.59. The molecule has 0 aliphatic heterocycles. The second kappa shape index (κ2) is 5.89. The maximum absolute atomic E-state index is 5.95.